The van der Waals surface area contributed by atoms with Crippen LogP contribution < -0.4 is 10.1 Å². The fraction of sp³-hybridized carbons (Fsp3) is 0.500. The Hall–Kier alpha value is -2.68. The molecule has 0 aliphatic carbocycles. The number of benzene rings is 1. The molecule has 8 nitrogen and oxygen atoms in total. The van der Waals surface area contributed by atoms with Crippen LogP contribution in [0.5, 0.6) is 5.75 Å². The maximum Gasteiger partial charge on any atom is 0.317 e. The van der Waals surface area contributed by atoms with E-state index in [-0.39, 0.29) is 24.4 Å². The zero-order valence-corrected chi connectivity index (χ0v) is 15.2. The van der Waals surface area contributed by atoms with E-state index in [0.717, 1.165) is 12.8 Å². The van der Waals surface area contributed by atoms with Gasteiger partial charge in [-0.05, 0) is 37.1 Å². The molecule has 2 amide bonds. The third-order valence-electron chi connectivity index (χ3n) is 4.30. The average Bonchev–Trinajstić information content (AvgIpc) is 3.34. The second-order valence-corrected chi connectivity index (χ2v) is 6.30. The molecule has 2 heterocycles. The van der Waals surface area contributed by atoms with Crippen LogP contribution in [0.2, 0.25) is 0 Å². The summed E-state index contributed by atoms with van der Waals surface area (Å²) in [6.07, 6.45) is 1.56. The second kappa shape index (κ2) is 9.31. The number of likely N-dealkylation sites (tertiary alicyclic amines) is 1. The van der Waals surface area contributed by atoms with E-state index in [1.54, 1.807) is 12.0 Å². The van der Waals surface area contributed by atoms with Gasteiger partial charge in [0.05, 0.1) is 0 Å². The van der Waals surface area contributed by atoms with Crippen LogP contribution in [0.3, 0.4) is 0 Å². The van der Waals surface area contributed by atoms with Gasteiger partial charge in [-0.25, -0.2) is 9.18 Å². The summed E-state index contributed by atoms with van der Waals surface area (Å²) in [7, 11) is 1.64. The number of halogens is 1. The van der Waals surface area contributed by atoms with Crippen molar-refractivity contribution in [2.24, 2.45) is 0 Å². The molecule has 3 rings (SSSR count). The SMILES string of the molecule is COCCCNC(=O)N1CCC(c2noc(COc3ccc(F)cc3)n2)C1. The van der Waals surface area contributed by atoms with Crippen LogP contribution in [-0.4, -0.2) is 54.4 Å². The van der Waals surface area contributed by atoms with Crippen LogP contribution in [0.25, 0.3) is 0 Å². The third kappa shape index (κ3) is 5.40. The number of carbonyl (C=O) groups excluding carboxylic acids is 1. The Kier molecular flexibility index (Phi) is 6.59. The van der Waals surface area contributed by atoms with Gasteiger partial charge in [-0.1, -0.05) is 5.16 Å². The van der Waals surface area contributed by atoms with Gasteiger partial charge in [0, 0.05) is 39.3 Å². The molecule has 1 aromatic carbocycles. The molecule has 1 fully saturated rings. The summed E-state index contributed by atoms with van der Waals surface area (Å²) in [5.41, 5.74) is 0. The van der Waals surface area contributed by atoms with E-state index in [9.17, 15) is 9.18 Å². The normalized spacial score (nSPS) is 16.5. The number of urea groups is 1. The van der Waals surface area contributed by atoms with Crippen molar-refractivity contribution in [1.29, 1.82) is 0 Å². The number of amides is 2. The highest BCUT2D eigenvalue weighted by Crippen LogP contribution is 2.25. The van der Waals surface area contributed by atoms with Gasteiger partial charge in [-0.2, -0.15) is 4.98 Å². The number of aromatic nitrogens is 2. The molecule has 2 aromatic rings. The number of hydrogen-bond acceptors (Lipinski definition) is 6. The number of nitrogens with zero attached hydrogens (tertiary/aromatic N) is 3. The first-order chi connectivity index (χ1) is 13.2. The summed E-state index contributed by atoms with van der Waals surface area (Å²) < 4.78 is 28.6. The standard InChI is InChI=1S/C18H23FN4O4/c1-25-10-2-8-20-18(24)23-9-7-13(11-23)17-21-16(27-22-17)12-26-15-5-3-14(19)4-6-15/h3-6,13H,2,7-12H2,1H3,(H,20,24). The highest BCUT2D eigenvalue weighted by molar-refractivity contribution is 5.74. The second-order valence-electron chi connectivity index (χ2n) is 6.30. The van der Waals surface area contributed by atoms with Crippen molar-refractivity contribution in [3.8, 4) is 5.75 Å². The molecule has 0 saturated carbocycles. The van der Waals surface area contributed by atoms with E-state index in [4.69, 9.17) is 14.0 Å². The quantitative estimate of drug-likeness (QED) is 0.709. The zero-order valence-electron chi connectivity index (χ0n) is 15.2. The summed E-state index contributed by atoms with van der Waals surface area (Å²) >= 11 is 0. The van der Waals surface area contributed by atoms with Gasteiger partial charge in [0.2, 0.25) is 0 Å². The average molecular weight is 378 g/mol. The summed E-state index contributed by atoms with van der Waals surface area (Å²) in [5.74, 6) is 1.15. The molecule has 1 aromatic heterocycles. The lowest BCUT2D eigenvalue weighted by molar-refractivity contribution is 0.188. The van der Waals surface area contributed by atoms with Crippen molar-refractivity contribution < 1.29 is 23.2 Å². The highest BCUT2D eigenvalue weighted by atomic mass is 19.1. The topological polar surface area (TPSA) is 89.7 Å². The Balaban J connectivity index is 1.45. The van der Waals surface area contributed by atoms with Crippen LogP contribution in [0.4, 0.5) is 9.18 Å². The first kappa shape index (κ1) is 19.1. The van der Waals surface area contributed by atoms with Gasteiger partial charge in [0.25, 0.3) is 5.89 Å². The molecule has 27 heavy (non-hydrogen) atoms. The zero-order chi connectivity index (χ0) is 19.1. The maximum atomic E-state index is 12.9. The van der Waals surface area contributed by atoms with Gasteiger partial charge < -0.3 is 24.2 Å². The van der Waals surface area contributed by atoms with Crippen molar-refractivity contribution in [3.05, 3.63) is 41.8 Å². The first-order valence-corrected chi connectivity index (χ1v) is 8.88. The Bertz CT molecular complexity index is 737. The number of methoxy groups -OCH3 is 1. The Labute approximate surface area is 156 Å². The van der Waals surface area contributed by atoms with Crippen molar-refractivity contribution >= 4 is 6.03 Å². The molecule has 1 atom stereocenters. The lowest BCUT2D eigenvalue weighted by Crippen LogP contribution is -2.39. The van der Waals surface area contributed by atoms with Crippen LogP contribution in [0.1, 0.15) is 30.5 Å². The summed E-state index contributed by atoms with van der Waals surface area (Å²) in [5, 5.41) is 6.88. The third-order valence-corrected chi connectivity index (χ3v) is 4.30. The van der Waals surface area contributed by atoms with E-state index in [2.05, 4.69) is 15.5 Å². The minimum atomic E-state index is -0.323. The van der Waals surface area contributed by atoms with Crippen molar-refractivity contribution in [2.45, 2.75) is 25.4 Å². The molecule has 1 unspecified atom stereocenters. The summed E-state index contributed by atoms with van der Waals surface area (Å²) in [6.45, 7) is 2.51. The van der Waals surface area contributed by atoms with Crippen LogP contribution in [-0.2, 0) is 11.3 Å². The molecule has 146 valence electrons. The Morgan fingerprint density at radius 1 is 1.41 bits per heavy atom. The number of carbonyl (C=O) groups is 1. The maximum absolute atomic E-state index is 12.9. The van der Waals surface area contributed by atoms with E-state index >= 15 is 0 Å². The molecular formula is C18H23FN4O4. The molecule has 1 N–H and O–H groups in total. The summed E-state index contributed by atoms with van der Waals surface area (Å²) in [4.78, 5) is 18.2. The smallest absolute Gasteiger partial charge is 0.317 e. The van der Waals surface area contributed by atoms with Gasteiger partial charge in [0.1, 0.15) is 11.6 Å². The van der Waals surface area contributed by atoms with E-state index in [1.165, 1.54) is 24.3 Å². The highest BCUT2D eigenvalue weighted by Gasteiger charge is 2.30. The van der Waals surface area contributed by atoms with Crippen LogP contribution in [0, 0.1) is 5.82 Å². The minimum absolute atomic E-state index is 0.0399. The van der Waals surface area contributed by atoms with Crippen molar-refractivity contribution in [3.63, 3.8) is 0 Å². The largest absolute Gasteiger partial charge is 0.484 e. The fourth-order valence-corrected chi connectivity index (χ4v) is 2.85. The fourth-order valence-electron chi connectivity index (χ4n) is 2.85. The van der Waals surface area contributed by atoms with Gasteiger partial charge in [0.15, 0.2) is 12.4 Å². The van der Waals surface area contributed by atoms with Crippen molar-refractivity contribution in [1.82, 2.24) is 20.4 Å². The molecule has 0 bridgehead atoms. The Morgan fingerprint density at radius 3 is 3.00 bits per heavy atom. The molecule has 1 aliphatic heterocycles. The van der Waals surface area contributed by atoms with Crippen LogP contribution in [0.15, 0.2) is 28.8 Å². The van der Waals surface area contributed by atoms with Crippen LogP contribution >= 0.6 is 0 Å². The molecular weight excluding hydrogens is 355 g/mol. The lowest BCUT2D eigenvalue weighted by Gasteiger charge is -2.16. The predicted octanol–water partition coefficient (Wildman–Crippen LogP) is 2.32. The minimum Gasteiger partial charge on any atom is -0.484 e. The molecule has 9 heteroatoms. The monoisotopic (exact) mass is 378 g/mol. The van der Waals surface area contributed by atoms with Gasteiger partial charge in [-0.15, -0.1) is 0 Å². The molecule has 0 spiro atoms. The lowest BCUT2D eigenvalue weighted by atomic mass is 10.1. The number of nitrogens with one attached hydrogen (secondary N) is 1. The van der Waals surface area contributed by atoms with Crippen molar-refractivity contribution in [2.75, 3.05) is 33.4 Å². The number of hydrogen-bond donors (Lipinski definition) is 1. The number of rotatable bonds is 8. The van der Waals surface area contributed by atoms with E-state index in [1.807, 2.05) is 0 Å². The molecule has 0 radical (unpaired) electrons. The number of ether oxygens (including phenoxy) is 2. The predicted molar refractivity (Wildman–Crippen MR) is 93.9 cm³/mol. The summed E-state index contributed by atoms with van der Waals surface area (Å²) in [6, 6.07) is 5.63. The van der Waals surface area contributed by atoms with E-state index in [0.29, 0.717) is 43.7 Å². The molecule has 1 saturated heterocycles. The van der Waals surface area contributed by atoms with Gasteiger partial charge in [-0.3, -0.25) is 0 Å². The first-order valence-electron chi connectivity index (χ1n) is 8.88. The van der Waals surface area contributed by atoms with Gasteiger partial charge >= 0.3 is 6.03 Å². The molecule has 1 aliphatic rings. The van der Waals surface area contributed by atoms with E-state index < -0.39 is 0 Å². The Morgan fingerprint density at radius 2 is 2.22 bits per heavy atom.